The zero-order chi connectivity index (χ0) is 23.8. The number of nitrogens with zero attached hydrogens (tertiary/aromatic N) is 3. The Morgan fingerprint density at radius 2 is 1.91 bits per heavy atom. The van der Waals surface area contributed by atoms with Gasteiger partial charge in [-0.2, -0.15) is 4.98 Å². The number of hydrogen-bond acceptors (Lipinski definition) is 6. The van der Waals surface area contributed by atoms with Crippen LogP contribution >= 0.6 is 11.3 Å². The molecule has 34 heavy (non-hydrogen) atoms. The second-order valence-electron chi connectivity index (χ2n) is 8.16. The molecule has 0 radical (unpaired) electrons. The molecule has 7 nitrogen and oxygen atoms in total. The lowest BCUT2D eigenvalue weighted by Crippen LogP contribution is -2.46. The number of aromatic nitrogens is 2. The van der Waals surface area contributed by atoms with E-state index in [2.05, 4.69) is 10.5 Å². The number of nitrogens with one attached hydrogen (secondary N) is 1. The predicted octanol–water partition coefficient (Wildman–Crippen LogP) is 6.13. The summed E-state index contributed by atoms with van der Waals surface area (Å²) in [5.74, 6) is 1.58. The third-order valence-electron chi connectivity index (χ3n) is 6.06. The summed E-state index contributed by atoms with van der Waals surface area (Å²) in [5.41, 5.74) is 5.36. The number of methoxy groups -OCH3 is 1. The van der Waals surface area contributed by atoms with Crippen molar-refractivity contribution < 1.29 is 14.1 Å². The number of benzene rings is 2. The van der Waals surface area contributed by atoms with Gasteiger partial charge in [-0.15, -0.1) is 11.3 Å². The Hall–Kier alpha value is -3.91. The number of rotatable bonds is 5. The summed E-state index contributed by atoms with van der Waals surface area (Å²) in [6.45, 7) is 5.99. The number of amides is 2. The van der Waals surface area contributed by atoms with Gasteiger partial charge in [-0.1, -0.05) is 29.4 Å². The van der Waals surface area contributed by atoms with Gasteiger partial charge in [0.2, 0.25) is 5.82 Å². The van der Waals surface area contributed by atoms with Crippen LogP contribution < -0.4 is 15.0 Å². The van der Waals surface area contributed by atoms with E-state index in [0.29, 0.717) is 17.5 Å². The quantitative estimate of drug-likeness (QED) is 0.378. The number of carbonyl (C=O) groups excluding carboxylic acids is 1. The van der Waals surface area contributed by atoms with Gasteiger partial charge in [0, 0.05) is 5.70 Å². The maximum Gasteiger partial charge on any atom is 0.326 e. The number of urea groups is 1. The van der Waals surface area contributed by atoms with Gasteiger partial charge in [0.25, 0.3) is 5.89 Å². The van der Waals surface area contributed by atoms with Gasteiger partial charge in [0.15, 0.2) is 0 Å². The first-order valence-electron chi connectivity index (χ1n) is 10.9. The van der Waals surface area contributed by atoms with Crippen LogP contribution in [0.15, 0.2) is 70.2 Å². The minimum Gasteiger partial charge on any atom is -0.497 e. The van der Waals surface area contributed by atoms with Crippen LogP contribution in [-0.4, -0.2) is 23.3 Å². The maximum atomic E-state index is 13.4. The average Bonchev–Trinajstić information content (AvgIpc) is 3.53. The smallest absolute Gasteiger partial charge is 0.326 e. The maximum absolute atomic E-state index is 13.4. The van der Waals surface area contributed by atoms with Crippen LogP contribution in [0.3, 0.4) is 0 Å². The minimum absolute atomic E-state index is 0.227. The molecule has 1 N–H and O–H groups in total. The van der Waals surface area contributed by atoms with Crippen molar-refractivity contribution in [2.75, 3.05) is 12.0 Å². The van der Waals surface area contributed by atoms with E-state index in [1.165, 1.54) is 0 Å². The third-order valence-corrected chi connectivity index (χ3v) is 6.92. The Morgan fingerprint density at radius 3 is 2.65 bits per heavy atom. The van der Waals surface area contributed by atoms with Crippen LogP contribution in [0.5, 0.6) is 5.75 Å². The second-order valence-corrected chi connectivity index (χ2v) is 9.11. The van der Waals surface area contributed by atoms with Crippen LogP contribution in [0.25, 0.3) is 16.3 Å². The van der Waals surface area contributed by atoms with Crippen LogP contribution in [0.1, 0.15) is 35.5 Å². The Bertz CT molecular complexity index is 1390. The molecule has 0 saturated heterocycles. The van der Waals surface area contributed by atoms with Crippen molar-refractivity contribution in [2.24, 2.45) is 0 Å². The molecular formula is C26H24N4O3S. The molecule has 0 aliphatic carbocycles. The molecule has 2 aromatic heterocycles. The van der Waals surface area contributed by atoms with Crippen molar-refractivity contribution >= 4 is 28.6 Å². The van der Waals surface area contributed by atoms with Crippen molar-refractivity contribution in [2.45, 2.75) is 26.8 Å². The summed E-state index contributed by atoms with van der Waals surface area (Å²) in [5, 5.41) is 9.31. The molecule has 0 saturated carbocycles. The van der Waals surface area contributed by atoms with Gasteiger partial charge in [0.1, 0.15) is 5.75 Å². The third kappa shape index (κ3) is 3.86. The molecular weight excluding hydrogens is 448 g/mol. The van der Waals surface area contributed by atoms with E-state index in [4.69, 9.17) is 14.2 Å². The monoisotopic (exact) mass is 472 g/mol. The van der Waals surface area contributed by atoms with Crippen LogP contribution in [0.4, 0.5) is 10.5 Å². The molecule has 0 spiro atoms. The van der Waals surface area contributed by atoms with Crippen molar-refractivity contribution in [1.29, 1.82) is 0 Å². The fraction of sp³-hybridized carbons (Fsp3) is 0.192. The number of thiophene rings is 1. The molecule has 8 heteroatoms. The van der Waals surface area contributed by atoms with E-state index in [0.717, 1.165) is 38.5 Å². The lowest BCUT2D eigenvalue weighted by atomic mass is 9.94. The molecule has 2 aromatic carbocycles. The SMILES string of the molecule is COc1cccc(C2NC(=O)N(c3ccc(C)c(C)c3)C(C)=C2c2nc(-c3cccs3)no2)c1. The number of allylic oxidation sites excluding steroid dienone is 1. The molecule has 1 aliphatic heterocycles. The van der Waals surface area contributed by atoms with E-state index in [1.54, 1.807) is 23.3 Å². The molecule has 3 heterocycles. The summed E-state index contributed by atoms with van der Waals surface area (Å²) in [6.07, 6.45) is 0. The topological polar surface area (TPSA) is 80.5 Å². The lowest BCUT2D eigenvalue weighted by Gasteiger charge is -2.35. The van der Waals surface area contributed by atoms with Gasteiger partial charge >= 0.3 is 6.03 Å². The summed E-state index contributed by atoms with van der Waals surface area (Å²) >= 11 is 1.54. The molecule has 2 amide bonds. The number of aryl methyl sites for hydroxylation is 2. The van der Waals surface area contributed by atoms with Crippen molar-refractivity contribution in [3.63, 3.8) is 0 Å². The summed E-state index contributed by atoms with van der Waals surface area (Å²) < 4.78 is 11.2. The molecule has 1 aliphatic rings. The van der Waals surface area contributed by atoms with Gasteiger partial charge in [-0.3, -0.25) is 4.90 Å². The van der Waals surface area contributed by atoms with Crippen molar-refractivity contribution in [3.8, 4) is 16.5 Å². The lowest BCUT2D eigenvalue weighted by molar-refractivity contribution is 0.244. The average molecular weight is 473 g/mol. The van der Waals surface area contributed by atoms with Gasteiger partial charge < -0.3 is 14.6 Å². The Balaban J connectivity index is 1.67. The standard InChI is InChI=1S/C26H24N4O3S/c1-15-10-11-19(13-16(15)2)30-17(3)22(25-28-24(29-33-25)21-9-6-12-34-21)23(27-26(30)31)18-7-5-8-20(14-18)32-4/h5-14,23H,1-4H3,(H,27,31). The van der Waals surface area contributed by atoms with Crippen molar-refractivity contribution in [3.05, 3.63) is 88.3 Å². The van der Waals surface area contributed by atoms with Crippen LogP contribution in [0, 0.1) is 13.8 Å². The fourth-order valence-corrected chi connectivity index (χ4v) is 4.75. The highest BCUT2D eigenvalue weighted by atomic mass is 32.1. The number of anilines is 1. The molecule has 172 valence electrons. The summed E-state index contributed by atoms with van der Waals surface area (Å²) in [4.78, 5) is 20.7. The molecule has 1 atom stereocenters. The first-order valence-corrected chi connectivity index (χ1v) is 11.7. The van der Waals surface area contributed by atoms with E-state index < -0.39 is 6.04 Å². The fourth-order valence-electron chi connectivity index (χ4n) is 4.11. The second kappa shape index (κ2) is 8.79. The van der Waals surface area contributed by atoms with Crippen molar-refractivity contribution in [1.82, 2.24) is 15.5 Å². The molecule has 0 bridgehead atoms. The molecule has 5 rings (SSSR count). The van der Waals surface area contributed by atoms with E-state index in [1.807, 2.05) is 80.7 Å². The van der Waals surface area contributed by atoms with Gasteiger partial charge in [0.05, 0.1) is 29.3 Å². The largest absolute Gasteiger partial charge is 0.497 e. The number of hydrogen-bond donors (Lipinski definition) is 1. The van der Waals surface area contributed by atoms with Gasteiger partial charge in [-0.05, 0) is 73.2 Å². The molecule has 4 aromatic rings. The highest BCUT2D eigenvalue weighted by Gasteiger charge is 2.36. The Kier molecular flexibility index (Phi) is 5.67. The normalized spacial score (nSPS) is 16.1. The first-order chi connectivity index (χ1) is 16.5. The van der Waals surface area contributed by atoms with E-state index in [9.17, 15) is 4.79 Å². The van der Waals surface area contributed by atoms with E-state index in [-0.39, 0.29) is 6.03 Å². The van der Waals surface area contributed by atoms with E-state index >= 15 is 0 Å². The Labute approximate surface area is 201 Å². The highest BCUT2D eigenvalue weighted by Crippen LogP contribution is 2.40. The predicted molar refractivity (Wildman–Crippen MR) is 133 cm³/mol. The number of ether oxygens (including phenoxy) is 1. The minimum atomic E-state index is -0.484. The highest BCUT2D eigenvalue weighted by molar-refractivity contribution is 7.13. The zero-order valence-electron chi connectivity index (χ0n) is 19.3. The summed E-state index contributed by atoms with van der Waals surface area (Å²) in [6, 6.07) is 16.8. The van der Waals surface area contributed by atoms with Crippen LogP contribution in [0.2, 0.25) is 0 Å². The molecule has 1 unspecified atom stereocenters. The number of carbonyl (C=O) groups is 1. The first kappa shape index (κ1) is 21.9. The summed E-state index contributed by atoms with van der Waals surface area (Å²) in [7, 11) is 1.62. The zero-order valence-corrected chi connectivity index (χ0v) is 20.1. The van der Waals surface area contributed by atoms with Crippen LogP contribution in [-0.2, 0) is 0 Å². The molecule has 0 fully saturated rings. The van der Waals surface area contributed by atoms with Gasteiger partial charge in [-0.25, -0.2) is 4.79 Å². The Morgan fingerprint density at radius 1 is 1.06 bits per heavy atom.